The summed E-state index contributed by atoms with van der Waals surface area (Å²) in [7, 11) is 0. The zero-order chi connectivity index (χ0) is 36.1. The van der Waals surface area contributed by atoms with Crippen LogP contribution >= 0.6 is 0 Å². The van der Waals surface area contributed by atoms with Crippen molar-refractivity contribution in [1.29, 1.82) is 0 Å². The lowest BCUT2D eigenvalue weighted by molar-refractivity contribution is -0.134. The summed E-state index contributed by atoms with van der Waals surface area (Å²) in [6.07, 6.45) is 17.0. The van der Waals surface area contributed by atoms with Gasteiger partial charge in [-0.05, 0) is 60.4 Å². The van der Waals surface area contributed by atoms with Crippen molar-refractivity contribution in [3.63, 3.8) is 0 Å². The number of nitrogens with zero attached hydrogens (tertiary/aromatic N) is 2. The van der Waals surface area contributed by atoms with Crippen LogP contribution < -0.4 is 9.47 Å². The average Bonchev–Trinajstić information content (AvgIpc) is 3.43. The molecule has 4 aromatic rings. The van der Waals surface area contributed by atoms with Gasteiger partial charge in [0, 0.05) is 73.7 Å². The van der Waals surface area contributed by atoms with Gasteiger partial charge in [0.15, 0.2) is 0 Å². The molecule has 0 spiro atoms. The van der Waals surface area contributed by atoms with Gasteiger partial charge in [-0.1, -0.05) is 97.1 Å². The predicted octanol–water partition coefficient (Wildman–Crippen LogP) is 8.90. The molecule has 4 aromatic carbocycles. The molecule has 4 heterocycles. The molecule has 0 aliphatic carbocycles. The van der Waals surface area contributed by atoms with Crippen molar-refractivity contribution >= 4 is 35.2 Å². The number of aliphatic carboxylic acids is 2. The first kappa shape index (κ1) is 35.9. The van der Waals surface area contributed by atoms with Crippen LogP contribution in [-0.2, 0) is 9.59 Å². The Bertz CT molecular complexity index is 1900. The molecule has 0 aromatic heterocycles. The molecule has 0 radical (unpaired) electrons. The first-order valence-corrected chi connectivity index (χ1v) is 17.5. The Morgan fingerprint density at radius 1 is 0.538 bits per heavy atom. The summed E-state index contributed by atoms with van der Waals surface area (Å²) in [6, 6.07) is 33.2. The first-order chi connectivity index (χ1) is 25.4. The summed E-state index contributed by atoms with van der Waals surface area (Å²) in [5.41, 5.74) is 7.37. The van der Waals surface area contributed by atoms with Gasteiger partial charge < -0.3 is 19.7 Å². The minimum atomic E-state index is -1.26. The Balaban J connectivity index is 0.000000149. The summed E-state index contributed by atoms with van der Waals surface area (Å²) in [5, 5.41) is 15.6. The maximum atomic E-state index is 9.55. The van der Waals surface area contributed by atoms with Gasteiger partial charge in [0.05, 0.1) is 0 Å². The smallest absolute Gasteiger partial charge is 0.328 e. The highest BCUT2D eigenvalue weighted by atomic mass is 16.5. The summed E-state index contributed by atoms with van der Waals surface area (Å²) in [5.74, 6) is 1.25. The molecule has 8 nitrogen and oxygen atoms in total. The molecule has 0 unspecified atom stereocenters. The van der Waals surface area contributed by atoms with E-state index < -0.39 is 11.9 Å². The number of hydrogen-bond donors (Lipinski definition) is 2. The number of carboxylic acids is 2. The van der Waals surface area contributed by atoms with Crippen molar-refractivity contribution < 1.29 is 29.3 Å². The zero-order valence-electron chi connectivity index (χ0n) is 28.9. The molecule has 0 saturated heterocycles. The molecule has 0 saturated carbocycles. The van der Waals surface area contributed by atoms with Crippen LogP contribution in [0.15, 0.2) is 134 Å². The summed E-state index contributed by atoms with van der Waals surface area (Å²) < 4.78 is 12.3. The molecule has 8 rings (SSSR count). The van der Waals surface area contributed by atoms with Crippen LogP contribution in [0, 0.1) is 0 Å². The van der Waals surface area contributed by atoms with Gasteiger partial charge in [-0.15, -0.1) is 0 Å². The lowest BCUT2D eigenvalue weighted by Crippen LogP contribution is -2.28. The molecule has 0 bridgehead atoms. The number of ether oxygens (including phenoxy) is 2. The Morgan fingerprint density at radius 2 is 0.923 bits per heavy atom. The van der Waals surface area contributed by atoms with Crippen molar-refractivity contribution in [3.8, 4) is 23.0 Å². The SMILES string of the molecule is C1=CCN(CC2=Cc3ccccc3Oc3ccccc32)CC1.C1=CCN(CC2=Cc3ccccc3Oc3ccccc32)CC1.O=C(O)C=CC(=O)O. The maximum Gasteiger partial charge on any atom is 0.328 e. The molecule has 264 valence electrons. The fraction of sp³-hybridized carbons (Fsp3) is 0.182. The van der Waals surface area contributed by atoms with Crippen LogP contribution in [0.3, 0.4) is 0 Å². The zero-order valence-corrected chi connectivity index (χ0v) is 28.9. The molecule has 0 fully saturated rings. The summed E-state index contributed by atoms with van der Waals surface area (Å²) >= 11 is 0. The van der Waals surface area contributed by atoms with E-state index in [0.717, 1.165) is 86.2 Å². The normalized spacial score (nSPS) is 15.8. The second-order valence-electron chi connectivity index (χ2n) is 12.6. The Kier molecular flexibility index (Phi) is 12.3. The quantitative estimate of drug-likeness (QED) is 0.153. The number of fused-ring (bicyclic) bond motifs is 4. The van der Waals surface area contributed by atoms with E-state index in [-0.39, 0.29) is 0 Å². The minimum absolute atomic E-state index is 0.558. The van der Waals surface area contributed by atoms with Gasteiger partial charge in [-0.3, -0.25) is 9.80 Å². The number of rotatable bonds is 6. The summed E-state index contributed by atoms with van der Waals surface area (Å²) in [6.45, 7) is 6.22. The topological polar surface area (TPSA) is 99.5 Å². The third-order valence-corrected chi connectivity index (χ3v) is 8.84. The molecule has 4 aliphatic heterocycles. The van der Waals surface area contributed by atoms with E-state index >= 15 is 0 Å². The van der Waals surface area contributed by atoms with Crippen LogP contribution in [0.5, 0.6) is 23.0 Å². The Labute approximate surface area is 304 Å². The summed E-state index contributed by atoms with van der Waals surface area (Å²) in [4.78, 5) is 24.1. The number of carboxylic acid groups (broad SMARTS) is 2. The molecule has 0 amide bonds. The minimum Gasteiger partial charge on any atom is -0.478 e. The van der Waals surface area contributed by atoms with Crippen LogP contribution in [0.25, 0.3) is 23.3 Å². The van der Waals surface area contributed by atoms with Crippen molar-refractivity contribution in [3.05, 3.63) is 156 Å². The molecular weight excluding hydrogens is 652 g/mol. The van der Waals surface area contributed by atoms with E-state index in [4.69, 9.17) is 19.7 Å². The number of hydrogen-bond acceptors (Lipinski definition) is 6. The van der Waals surface area contributed by atoms with Gasteiger partial charge in [0.1, 0.15) is 23.0 Å². The van der Waals surface area contributed by atoms with E-state index in [2.05, 4.69) is 107 Å². The first-order valence-electron chi connectivity index (χ1n) is 17.5. The molecule has 2 N–H and O–H groups in total. The average molecular weight is 695 g/mol. The maximum absolute atomic E-state index is 9.55. The Hall–Kier alpha value is -5.96. The molecule has 52 heavy (non-hydrogen) atoms. The second kappa shape index (κ2) is 17.8. The lowest BCUT2D eigenvalue weighted by atomic mass is 10.0. The third kappa shape index (κ3) is 9.84. The van der Waals surface area contributed by atoms with Crippen LogP contribution in [0.4, 0.5) is 0 Å². The lowest BCUT2D eigenvalue weighted by Gasteiger charge is -2.24. The van der Waals surface area contributed by atoms with Crippen LogP contribution in [0.2, 0.25) is 0 Å². The second-order valence-corrected chi connectivity index (χ2v) is 12.6. The number of benzene rings is 4. The molecule has 4 aliphatic rings. The standard InChI is InChI=1S/2C20H19NO.C4H4O4/c2*1-6-12-21(13-7-1)15-17-14-16-8-2-4-10-19(16)22-20-11-5-3-9-18(17)20;5-3(6)1-2-4(7)8/h2*1-6,8-11,14H,7,12-13,15H2;1-2H,(H,5,6)(H,7,8). The van der Waals surface area contributed by atoms with Crippen molar-refractivity contribution in [2.45, 2.75) is 12.8 Å². The molecule has 8 heteroatoms. The van der Waals surface area contributed by atoms with Gasteiger partial charge in [-0.25, -0.2) is 9.59 Å². The van der Waals surface area contributed by atoms with Gasteiger partial charge >= 0.3 is 11.9 Å². The van der Waals surface area contributed by atoms with Gasteiger partial charge in [-0.2, -0.15) is 0 Å². The third-order valence-electron chi connectivity index (χ3n) is 8.84. The Morgan fingerprint density at radius 3 is 1.31 bits per heavy atom. The van der Waals surface area contributed by atoms with Crippen LogP contribution in [-0.4, -0.2) is 71.2 Å². The highest BCUT2D eigenvalue weighted by Crippen LogP contribution is 2.39. The molecular formula is C44H42N2O6. The predicted molar refractivity (Wildman–Crippen MR) is 206 cm³/mol. The fourth-order valence-electron chi connectivity index (χ4n) is 6.35. The van der Waals surface area contributed by atoms with Crippen molar-refractivity contribution in [1.82, 2.24) is 9.80 Å². The highest BCUT2D eigenvalue weighted by molar-refractivity contribution is 5.90. The van der Waals surface area contributed by atoms with Crippen molar-refractivity contribution in [2.75, 3.05) is 39.3 Å². The van der Waals surface area contributed by atoms with E-state index in [0.29, 0.717) is 12.2 Å². The monoisotopic (exact) mass is 694 g/mol. The highest BCUT2D eigenvalue weighted by Gasteiger charge is 2.20. The number of para-hydroxylation sites is 4. The van der Waals surface area contributed by atoms with Gasteiger partial charge in [0.2, 0.25) is 0 Å². The van der Waals surface area contributed by atoms with Gasteiger partial charge in [0.25, 0.3) is 0 Å². The van der Waals surface area contributed by atoms with Crippen molar-refractivity contribution in [2.24, 2.45) is 0 Å². The molecule has 0 atom stereocenters. The van der Waals surface area contributed by atoms with E-state index in [1.807, 2.05) is 36.4 Å². The van der Waals surface area contributed by atoms with E-state index in [1.54, 1.807) is 0 Å². The van der Waals surface area contributed by atoms with Crippen LogP contribution in [0.1, 0.15) is 35.1 Å². The fourth-order valence-corrected chi connectivity index (χ4v) is 6.35. The largest absolute Gasteiger partial charge is 0.478 e. The van der Waals surface area contributed by atoms with E-state index in [1.165, 1.54) is 22.3 Å². The van der Waals surface area contributed by atoms with E-state index in [9.17, 15) is 9.59 Å². The number of carbonyl (C=O) groups is 2.